The fourth-order valence-corrected chi connectivity index (χ4v) is 1.32. The second kappa shape index (κ2) is 1.45. The summed E-state index contributed by atoms with van der Waals surface area (Å²) in [5, 5.41) is 0. The van der Waals surface area contributed by atoms with Crippen molar-refractivity contribution in [1.29, 1.82) is 0 Å². The van der Waals surface area contributed by atoms with Crippen molar-refractivity contribution in [3.8, 4) is 0 Å². The van der Waals surface area contributed by atoms with E-state index in [0.717, 1.165) is 19.2 Å². The van der Waals surface area contributed by atoms with Crippen LogP contribution in [0.3, 0.4) is 0 Å². The molecule has 1 saturated carbocycles. The van der Waals surface area contributed by atoms with Crippen LogP contribution >= 0.6 is 0 Å². The van der Waals surface area contributed by atoms with Crippen molar-refractivity contribution in [1.82, 2.24) is 4.90 Å². The Morgan fingerprint density at radius 1 is 1.62 bits per heavy atom. The largest absolute Gasteiger partial charge is 0.375 e. The highest BCUT2D eigenvalue weighted by Gasteiger charge is 2.43. The van der Waals surface area contributed by atoms with Gasteiger partial charge in [0.05, 0.1) is 12.7 Å². The molecule has 0 amide bonds. The Hall–Kier alpha value is -0.0800. The molecule has 2 aliphatic rings. The number of rotatable bonds is 0. The summed E-state index contributed by atoms with van der Waals surface area (Å²) in [7, 11) is 2.17. The molecule has 1 unspecified atom stereocenters. The molecule has 1 heterocycles. The van der Waals surface area contributed by atoms with Gasteiger partial charge in [0.2, 0.25) is 0 Å². The van der Waals surface area contributed by atoms with Crippen LogP contribution < -0.4 is 0 Å². The van der Waals surface area contributed by atoms with Gasteiger partial charge in [-0.3, -0.25) is 4.90 Å². The predicted octanol–water partition coefficient (Wildman–Crippen LogP) is 0.0893. The molecule has 0 aromatic rings. The molecule has 0 N–H and O–H groups in total. The molecule has 2 nitrogen and oxygen atoms in total. The molecule has 8 heavy (non-hydrogen) atoms. The molecular formula is C6H11NO. The third kappa shape index (κ3) is 0.565. The Morgan fingerprint density at radius 3 is 3.12 bits per heavy atom. The first kappa shape index (κ1) is 4.77. The SMILES string of the molecule is CN1CCOC2C[C@H]21. The lowest BCUT2D eigenvalue weighted by atomic mass is 10.5. The first-order valence-corrected chi connectivity index (χ1v) is 3.20. The van der Waals surface area contributed by atoms with E-state index in [2.05, 4.69) is 11.9 Å². The van der Waals surface area contributed by atoms with E-state index in [9.17, 15) is 0 Å². The highest BCUT2D eigenvalue weighted by Crippen LogP contribution is 2.32. The number of likely N-dealkylation sites (N-methyl/N-ethyl adjacent to an activating group) is 1. The number of morpholine rings is 1. The van der Waals surface area contributed by atoms with E-state index in [1.165, 1.54) is 6.42 Å². The van der Waals surface area contributed by atoms with Crippen LogP contribution in [0.2, 0.25) is 0 Å². The van der Waals surface area contributed by atoms with E-state index in [1.54, 1.807) is 0 Å². The van der Waals surface area contributed by atoms with Gasteiger partial charge in [0.1, 0.15) is 0 Å². The van der Waals surface area contributed by atoms with Gasteiger partial charge >= 0.3 is 0 Å². The van der Waals surface area contributed by atoms with E-state index in [0.29, 0.717) is 6.10 Å². The zero-order chi connectivity index (χ0) is 5.56. The lowest BCUT2D eigenvalue weighted by molar-refractivity contribution is 0.0424. The average Bonchev–Trinajstić information content (AvgIpc) is 2.45. The monoisotopic (exact) mass is 113 g/mol. The summed E-state index contributed by atoms with van der Waals surface area (Å²) >= 11 is 0. The number of ether oxygens (including phenoxy) is 1. The molecule has 46 valence electrons. The minimum Gasteiger partial charge on any atom is -0.375 e. The second-order valence-corrected chi connectivity index (χ2v) is 2.69. The fraction of sp³-hybridized carbons (Fsp3) is 1.00. The van der Waals surface area contributed by atoms with Crippen molar-refractivity contribution in [3.05, 3.63) is 0 Å². The van der Waals surface area contributed by atoms with Crippen LogP contribution in [-0.4, -0.2) is 37.2 Å². The van der Waals surface area contributed by atoms with Crippen molar-refractivity contribution >= 4 is 0 Å². The van der Waals surface area contributed by atoms with Crippen molar-refractivity contribution in [2.24, 2.45) is 0 Å². The highest BCUT2D eigenvalue weighted by molar-refractivity contribution is 4.97. The van der Waals surface area contributed by atoms with E-state index in [4.69, 9.17) is 4.74 Å². The topological polar surface area (TPSA) is 12.5 Å². The van der Waals surface area contributed by atoms with E-state index in [1.807, 2.05) is 0 Å². The van der Waals surface area contributed by atoms with Crippen LogP contribution in [-0.2, 0) is 4.74 Å². The lowest BCUT2D eigenvalue weighted by Gasteiger charge is -2.20. The maximum atomic E-state index is 5.38. The van der Waals surface area contributed by atoms with E-state index in [-0.39, 0.29) is 0 Å². The molecule has 1 saturated heterocycles. The van der Waals surface area contributed by atoms with Gasteiger partial charge in [0.25, 0.3) is 0 Å². The smallest absolute Gasteiger partial charge is 0.0747 e. The van der Waals surface area contributed by atoms with Gasteiger partial charge in [-0.25, -0.2) is 0 Å². The summed E-state index contributed by atoms with van der Waals surface area (Å²) in [6, 6.07) is 0.781. The predicted molar refractivity (Wildman–Crippen MR) is 30.8 cm³/mol. The summed E-state index contributed by atoms with van der Waals surface area (Å²) in [6.07, 6.45) is 1.88. The molecule has 0 spiro atoms. The zero-order valence-electron chi connectivity index (χ0n) is 5.13. The molecule has 0 bridgehead atoms. The standard InChI is InChI=1S/C6H11NO/c1-7-2-3-8-6-4-5(6)7/h5-6H,2-4H2,1H3/t5-,6?/m1/s1. The van der Waals surface area contributed by atoms with Crippen molar-refractivity contribution in [3.63, 3.8) is 0 Å². The van der Waals surface area contributed by atoms with Crippen LogP contribution in [0.15, 0.2) is 0 Å². The number of fused-ring (bicyclic) bond motifs is 1. The summed E-state index contributed by atoms with van der Waals surface area (Å²) in [4.78, 5) is 2.38. The Labute approximate surface area is 49.4 Å². The summed E-state index contributed by atoms with van der Waals surface area (Å²) in [6.45, 7) is 2.07. The molecule has 2 heteroatoms. The molecule has 0 radical (unpaired) electrons. The van der Waals surface area contributed by atoms with Crippen LogP contribution in [0.4, 0.5) is 0 Å². The van der Waals surface area contributed by atoms with E-state index < -0.39 is 0 Å². The second-order valence-electron chi connectivity index (χ2n) is 2.69. The first-order valence-electron chi connectivity index (χ1n) is 3.20. The van der Waals surface area contributed by atoms with E-state index >= 15 is 0 Å². The van der Waals surface area contributed by atoms with Gasteiger partial charge in [0, 0.05) is 12.6 Å². The van der Waals surface area contributed by atoms with Gasteiger partial charge in [-0.05, 0) is 13.5 Å². The summed E-state index contributed by atoms with van der Waals surface area (Å²) < 4.78 is 5.38. The number of nitrogens with zero attached hydrogens (tertiary/aromatic N) is 1. The molecule has 2 rings (SSSR count). The van der Waals surface area contributed by atoms with Gasteiger partial charge in [-0.1, -0.05) is 0 Å². The highest BCUT2D eigenvalue weighted by atomic mass is 16.5. The number of hydrogen-bond acceptors (Lipinski definition) is 2. The minimum atomic E-state index is 0.605. The normalized spacial score (nSPS) is 46.1. The maximum absolute atomic E-state index is 5.38. The Kier molecular flexibility index (Phi) is 0.866. The van der Waals surface area contributed by atoms with Gasteiger partial charge in [0.15, 0.2) is 0 Å². The third-order valence-electron chi connectivity index (χ3n) is 2.04. The van der Waals surface area contributed by atoms with Crippen LogP contribution in [0, 0.1) is 0 Å². The molecular weight excluding hydrogens is 102 g/mol. The zero-order valence-corrected chi connectivity index (χ0v) is 5.13. The maximum Gasteiger partial charge on any atom is 0.0747 e. The summed E-state index contributed by atoms with van der Waals surface area (Å²) in [5.74, 6) is 0. The Bertz CT molecular complexity index is 105. The molecule has 1 aliphatic carbocycles. The first-order chi connectivity index (χ1) is 3.88. The molecule has 0 aromatic carbocycles. The van der Waals surface area contributed by atoms with Crippen molar-refractivity contribution < 1.29 is 4.74 Å². The average molecular weight is 113 g/mol. The van der Waals surface area contributed by atoms with Crippen molar-refractivity contribution in [2.45, 2.75) is 18.6 Å². The molecule has 2 atom stereocenters. The minimum absolute atomic E-state index is 0.605. The molecule has 1 aliphatic heterocycles. The van der Waals surface area contributed by atoms with Crippen LogP contribution in [0.1, 0.15) is 6.42 Å². The fourth-order valence-electron chi connectivity index (χ4n) is 1.32. The van der Waals surface area contributed by atoms with Gasteiger partial charge in [-0.15, -0.1) is 0 Å². The Balaban J connectivity index is 1.99. The third-order valence-corrected chi connectivity index (χ3v) is 2.04. The summed E-state index contributed by atoms with van der Waals surface area (Å²) in [5.41, 5.74) is 0. The van der Waals surface area contributed by atoms with Crippen LogP contribution in [0.25, 0.3) is 0 Å². The lowest BCUT2D eigenvalue weighted by Crippen LogP contribution is -2.32. The quantitative estimate of drug-likeness (QED) is 0.441. The van der Waals surface area contributed by atoms with Gasteiger partial charge in [-0.2, -0.15) is 0 Å². The Morgan fingerprint density at radius 2 is 2.50 bits per heavy atom. The molecule has 2 fully saturated rings. The number of hydrogen-bond donors (Lipinski definition) is 0. The van der Waals surface area contributed by atoms with Crippen molar-refractivity contribution in [2.75, 3.05) is 20.2 Å². The van der Waals surface area contributed by atoms with Gasteiger partial charge < -0.3 is 4.74 Å². The van der Waals surface area contributed by atoms with Crippen LogP contribution in [0.5, 0.6) is 0 Å². The molecule has 0 aromatic heterocycles.